The molecule has 2 aliphatic rings. The molecule has 2 fully saturated rings. The molecule has 0 spiro atoms. The maximum Gasteiger partial charge on any atom is 0.225 e. The van der Waals surface area contributed by atoms with Crippen molar-refractivity contribution < 1.29 is 9.53 Å². The summed E-state index contributed by atoms with van der Waals surface area (Å²) in [6.07, 6.45) is 5.64. The lowest BCUT2D eigenvalue weighted by Crippen LogP contribution is -2.42. The number of carbonyl (C=O) groups is 1. The minimum atomic E-state index is 0.150. The van der Waals surface area contributed by atoms with Crippen molar-refractivity contribution in [2.24, 2.45) is 5.92 Å². The van der Waals surface area contributed by atoms with Crippen molar-refractivity contribution in [2.45, 2.75) is 31.8 Å². The highest BCUT2D eigenvalue weighted by molar-refractivity contribution is 6.30. The molecule has 1 saturated heterocycles. The molecule has 0 radical (unpaired) electrons. The number of likely N-dealkylation sites (tertiary alicyclic amines) is 1. The number of nitrogens with zero attached hydrogens (tertiary/aromatic N) is 2. The smallest absolute Gasteiger partial charge is 0.225 e. The average molecular weight is 281 g/mol. The molecule has 19 heavy (non-hydrogen) atoms. The topological polar surface area (TPSA) is 42.4 Å². The van der Waals surface area contributed by atoms with E-state index in [1.165, 1.54) is 0 Å². The Morgan fingerprint density at radius 1 is 1.26 bits per heavy atom. The van der Waals surface area contributed by atoms with E-state index in [2.05, 4.69) is 4.98 Å². The summed E-state index contributed by atoms with van der Waals surface area (Å²) in [5.41, 5.74) is 0. The summed E-state index contributed by atoms with van der Waals surface area (Å²) in [4.78, 5) is 18.0. The van der Waals surface area contributed by atoms with Crippen LogP contribution in [0.4, 0.5) is 0 Å². The molecule has 4 nitrogen and oxygen atoms in total. The predicted molar refractivity (Wildman–Crippen MR) is 72.2 cm³/mol. The van der Waals surface area contributed by atoms with E-state index in [4.69, 9.17) is 16.3 Å². The van der Waals surface area contributed by atoms with Crippen molar-refractivity contribution in [3.63, 3.8) is 0 Å². The first kappa shape index (κ1) is 12.7. The fraction of sp³-hybridized carbons (Fsp3) is 0.571. The van der Waals surface area contributed by atoms with Crippen LogP contribution in [-0.4, -0.2) is 35.0 Å². The molecule has 3 rings (SSSR count). The normalized spacial score (nSPS) is 20.4. The quantitative estimate of drug-likeness (QED) is 0.854. The van der Waals surface area contributed by atoms with Crippen LogP contribution in [0.3, 0.4) is 0 Å². The standard InChI is InChI=1S/C14H17ClN2O2/c15-11-3-4-13(16-9-11)19-12-5-7-17(8-6-12)14(18)10-1-2-10/h3-4,9-10,12H,1-2,5-8H2. The first-order chi connectivity index (χ1) is 9.22. The molecular weight excluding hydrogens is 264 g/mol. The third-order valence-electron chi connectivity index (χ3n) is 3.67. The number of hydrogen-bond acceptors (Lipinski definition) is 3. The molecule has 1 aromatic rings. The van der Waals surface area contributed by atoms with Crippen molar-refractivity contribution in [1.82, 2.24) is 9.88 Å². The Kier molecular flexibility index (Phi) is 3.60. The van der Waals surface area contributed by atoms with Crippen LogP contribution in [-0.2, 0) is 4.79 Å². The highest BCUT2D eigenvalue weighted by Crippen LogP contribution is 2.32. The zero-order valence-corrected chi connectivity index (χ0v) is 11.5. The number of pyridine rings is 1. The fourth-order valence-corrected chi connectivity index (χ4v) is 2.50. The Morgan fingerprint density at radius 3 is 2.58 bits per heavy atom. The van der Waals surface area contributed by atoms with Crippen molar-refractivity contribution in [2.75, 3.05) is 13.1 Å². The Morgan fingerprint density at radius 2 is 2.00 bits per heavy atom. The summed E-state index contributed by atoms with van der Waals surface area (Å²) < 4.78 is 5.81. The van der Waals surface area contributed by atoms with Gasteiger partial charge < -0.3 is 9.64 Å². The maximum absolute atomic E-state index is 11.9. The summed E-state index contributed by atoms with van der Waals surface area (Å²) in [6, 6.07) is 3.56. The van der Waals surface area contributed by atoms with Gasteiger partial charge in [-0.3, -0.25) is 4.79 Å². The summed E-state index contributed by atoms with van der Waals surface area (Å²) in [5.74, 6) is 1.26. The first-order valence-electron chi connectivity index (χ1n) is 6.79. The number of ether oxygens (including phenoxy) is 1. The molecule has 0 N–H and O–H groups in total. The number of amides is 1. The van der Waals surface area contributed by atoms with Gasteiger partial charge in [0.15, 0.2) is 0 Å². The monoisotopic (exact) mass is 280 g/mol. The van der Waals surface area contributed by atoms with E-state index in [0.29, 0.717) is 22.7 Å². The van der Waals surface area contributed by atoms with Gasteiger partial charge in [0.05, 0.1) is 5.02 Å². The van der Waals surface area contributed by atoms with E-state index in [1.807, 2.05) is 4.90 Å². The maximum atomic E-state index is 11.9. The van der Waals surface area contributed by atoms with Gasteiger partial charge >= 0.3 is 0 Å². The first-order valence-corrected chi connectivity index (χ1v) is 7.17. The number of hydrogen-bond donors (Lipinski definition) is 0. The molecule has 1 aliphatic carbocycles. The molecule has 102 valence electrons. The van der Waals surface area contributed by atoms with Gasteiger partial charge in [-0.2, -0.15) is 0 Å². The van der Waals surface area contributed by atoms with Gasteiger partial charge in [0.25, 0.3) is 0 Å². The van der Waals surface area contributed by atoms with Crippen LogP contribution >= 0.6 is 11.6 Å². The van der Waals surface area contributed by atoms with E-state index >= 15 is 0 Å². The summed E-state index contributed by atoms with van der Waals surface area (Å²) in [7, 11) is 0. The summed E-state index contributed by atoms with van der Waals surface area (Å²) in [6.45, 7) is 1.60. The number of rotatable bonds is 3. The molecule has 0 bridgehead atoms. The van der Waals surface area contributed by atoms with Crippen molar-refractivity contribution >= 4 is 17.5 Å². The molecule has 0 atom stereocenters. The third kappa shape index (κ3) is 3.18. The number of aromatic nitrogens is 1. The highest BCUT2D eigenvalue weighted by atomic mass is 35.5. The van der Waals surface area contributed by atoms with Crippen LogP contribution in [0, 0.1) is 5.92 Å². The molecule has 0 unspecified atom stereocenters. The lowest BCUT2D eigenvalue weighted by atomic mass is 10.1. The zero-order chi connectivity index (χ0) is 13.2. The van der Waals surface area contributed by atoms with Crippen LogP contribution in [0.2, 0.25) is 5.02 Å². The summed E-state index contributed by atoms with van der Waals surface area (Å²) >= 11 is 5.78. The Balaban J connectivity index is 1.49. The van der Waals surface area contributed by atoms with Crippen LogP contribution < -0.4 is 4.74 Å². The van der Waals surface area contributed by atoms with Crippen LogP contribution in [0.25, 0.3) is 0 Å². The molecule has 1 aliphatic heterocycles. The van der Waals surface area contributed by atoms with Crippen molar-refractivity contribution in [3.8, 4) is 5.88 Å². The van der Waals surface area contributed by atoms with E-state index in [0.717, 1.165) is 38.8 Å². The van der Waals surface area contributed by atoms with Gasteiger partial charge in [0.1, 0.15) is 6.10 Å². The van der Waals surface area contributed by atoms with Crippen LogP contribution in [0.1, 0.15) is 25.7 Å². The predicted octanol–water partition coefficient (Wildman–Crippen LogP) is 2.51. The second-order valence-electron chi connectivity index (χ2n) is 5.23. The second-order valence-corrected chi connectivity index (χ2v) is 5.67. The Bertz CT molecular complexity index is 451. The summed E-state index contributed by atoms with van der Waals surface area (Å²) in [5, 5.41) is 0.609. The van der Waals surface area contributed by atoms with E-state index in [-0.39, 0.29) is 6.10 Å². The molecular formula is C14H17ClN2O2. The van der Waals surface area contributed by atoms with Crippen molar-refractivity contribution in [3.05, 3.63) is 23.4 Å². The van der Waals surface area contributed by atoms with Gasteiger partial charge in [-0.1, -0.05) is 11.6 Å². The average Bonchev–Trinajstić information content (AvgIpc) is 3.26. The second kappa shape index (κ2) is 5.37. The van der Waals surface area contributed by atoms with Crippen molar-refractivity contribution in [1.29, 1.82) is 0 Å². The molecule has 0 aromatic carbocycles. The minimum absolute atomic E-state index is 0.150. The number of carbonyl (C=O) groups excluding carboxylic acids is 1. The van der Waals surface area contributed by atoms with Gasteiger partial charge in [-0.05, 0) is 18.9 Å². The number of halogens is 1. The largest absolute Gasteiger partial charge is 0.474 e. The zero-order valence-electron chi connectivity index (χ0n) is 10.7. The van der Waals surface area contributed by atoms with Crippen LogP contribution in [0.5, 0.6) is 5.88 Å². The molecule has 1 saturated carbocycles. The van der Waals surface area contributed by atoms with E-state index in [1.54, 1.807) is 18.3 Å². The molecule has 2 heterocycles. The van der Waals surface area contributed by atoms with Gasteiger partial charge in [-0.15, -0.1) is 0 Å². The van der Waals surface area contributed by atoms with Gasteiger partial charge in [-0.25, -0.2) is 4.98 Å². The highest BCUT2D eigenvalue weighted by Gasteiger charge is 2.35. The molecule has 5 heteroatoms. The van der Waals surface area contributed by atoms with Gasteiger partial charge in [0.2, 0.25) is 11.8 Å². The minimum Gasteiger partial charge on any atom is -0.474 e. The lowest BCUT2D eigenvalue weighted by molar-refractivity contribution is -0.134. The lowest BCUT2D eigenvalue weighted by Gasteiger charge is -2.32. The molecule has 1 amide bonds. The Hall–Kier alpha value is -1.29. The van der Waals surface area contributed by atoms with Gasteiger partial charge in [0, 0.05) is 44.1 Å². The van der Waals surface area contributed by atoms with E-state index in [9.17, 15) is 4.79 Å². The Labute approximate surface area is 117 Å². The number of piperidine rings is 1. The molecule has 1 aromatic heterocycles. The van der Waals surface area contributed by atoms with E-state index < -0.39 is 0 Å². The van der Waals surface area contributed by atoms with Crippen LogP contribution in [0.15, 0.2) is 18.3 Å². The fourth-order valence-electron chi connectivity index (χ4n) is 2.39. The SMILES string of the molecule is O=C(C1CC1)N1CCC(Oc2ccc(Cl)cn2)CC1. The third-order valence-corrected chi connectivity index (χ3v) is 3.89.